The van der Waals surface area contributed by atoms with Crippen LogP contribution in [0.4, 0.5) is 0 Å². The Hall–Kier alpha value is -2.80. The molecular formula is C22H25BrN2O4. The van der Waals surface area contributed by atoms with Crippen molar-refractivity contribution in [1.82, 2.24) is 5.43 Å². The molecule has 6 nitrogen and oxygen atoms in total. The first-order valence-electron chi connectivity index (χ1n) is 9.22. The first-order valence-corrected chi connectivity index (χ1v) is 10.0. The fourth-order valence-electron chi connectivity index (χ4n) is 2.44. The molecule has 1 amide bonds. The third-order valence-electron chi connectivity index (χ3n) is 3.79. The van der Waals surface area contributed by atoms with Gasteiger partial charge in [0.2, 0.25) is 0 Å². The summed E-state index contributed by atoms with van der Waals surface area (Å²) in [5.74, 6) is 1.37. The standard InChI is InChI=1S/C22H25BrN2O4/c1-4-6-16-7-9-20(21(12-16)27-3)29-15-22(26)25-24-14-17-13-18(23)8-10-19(17)28-11-5-2/h4,7-10,12-14H,1,5-6,11,15H2,2-3H3,(H,25,26)/b24-14-. The molecule has 0 aliphatic heterocycles. The lowest BCUT2D eigenvalue weighted by Crippen LogP contribution is -2.24. The lowest BCUT2D eigenvalue weighted by atomic mass is 10.1. The first-order chi connectivity index (χ1) is 14.1. The highest BCUT2D eigenvalue weighted by molar-refractivity contribution is 9.10. The van der Waals surface area contributed by atoms with Gasteiger partial charge >= 0.3 is 0 Å². The van der Waals surface area contributed by atoms with E-state index in [0.29, 0.717) is 23.9 Å². The van der Waals surface area contributed by atoms with Crippen LogP contribution in [0.3, 0.4) is 0 Å². The average molecular weight is 461 g/mol. The second kappa shape index (κ2) is 11.9. The molecular weight excluding hydrogens is 436 g/mol. The van der Waals surface area contributed by atoms with Gasteiger partial charge in [-0.05, 0) is 48.7 Å². The molecule has 154 valence electrons. The lowest BCUT2D eigenvalue weighted by Gasteiger charge is -2.11. The number of carbonyl (C=O) groups is 1. The van der Waals surface area contributed by atoms with E-state index >= 15 is 0 Å². The molecule has 1 N–H and O–H groups in total. The monoisotopic (exact) mass is 460 g/mol. The Kier molecular flexibility index (Phi) is 9.24. The summed E-state index contributed by atoms with van der Waals surface area (Å²) in [6, 6.07) is 11.1. The maximum Gasteiger partial charge on any atom is 0.277 e. The zero-order valence-electron chi connectivity index (χ0n) is 16.6. The number of ether oxygens (including phenoxy) is 3. The van der Waals surface area contributed by atoms with E-state index < -0.39 is 0 Å². The SMILES string of the molecule is C=CCc1ccc(OCC(=O)N/N=C\c2cc(Br)ccc2OCCC)c(OC)c1. The van der Waals surface area contributed by atoms with E-state index in [4.69, 9.17) is 14.2 Å². The number of amides is 1. The third kappa shape index (κ3) is 7.27. The number of nitrogens with one attached hydrogen (secondary N) is 1. The van der Waals surface area contributed by atoms with Crippen LogP contribution < -0.4 is 19.6 Å². The number of nitrogens with zero attached hydrogens (tertiary/aromatic N) is 1. The number of hydrogen-bond acceptors (Lipinski definition) is 5. The Balaban J connectivity index is 1.93. The summed E-state index contributed by atoms with van der Waals surface area (Å²) in [6.07, 6.45) is 4.98. The van der Waals surface area contributed by atoms with E-state index in [9.17, 15) is 4.79 Å². The molecule has 2 aromatic carbocycles. The van der Waals surface area contributed by atoms with Crippen LogP contribution in [0.25, 0.3) is 0 Å². The maximum absolute atomic E-state index is 12.1. The van der Waals surface area contributed by atoms with Gasteiger partial charge in [0.05, 0.1) is 19.9 Å². The van der Waals surface area contributed by atoms with Crippen molar-refractivity contribution in [3.05, 3.63) is 64.7 Å². The Labute approximate surface area is 179 Å². The molecule has 2 aromatic rings. The Bertz CT molecular complexity index is 868. The van der Waals surface area contributed by atoms with E-state index in [-0.39, 0.29) is 12.5 Å². The summed E-state index contributed by atoms with van der Waals surface area (Å²) >= 11 is 3.42. The fourth-order valence-corrected chi connectivity index (χ4v) is 2.82. The van der Waals surface area contributed by atoms with Gasteiger partial charge in [-0.25, -0.2) is 5.43 Å². The normalized spacial score (nSPS) is 10.6. The molecule has 0 atom stereocenters. The summed E-state index contributed by atoms with van der Waals surface area (Å²) < 4.78 is 17.5. The zero-order valence-corrected chi connectivity index (χ0v) is 18.2. The molecule has 0 saturated heterocycles. The van der Waals surface area contributed by atoms with Gasteiger partial charge in [-0.2, -0.15) is 5.10 Å². The summed E-state index contributed by atoms with van der Waals surface area (Å²) in [7, 11) is 1.56. The topological polar surface area (TPSA) is 69.2 Å². The zero-order chi connectivity index (χ0) is 21.1. The van der Waals surface area contributed by atoms with Gasteiger partial charge in [-0.15, -0.1) is 6.58 Å². The number of halogens is 1. The van der Waals surface area contributed by atoms with Crippen LogP contribution in [0.5, 0.6) is 17.2 Å². The van der Waals surface area contributed by atoms with Gasteiger partial charge in [-0.3, -0.25) is 4.79 Å². The van der Waals surface area contributed by atoms with Gasteiger partial charge in [0.1, 0.15) is 5.75 Å². The van der Waals surface area contributed by atoms with E-state index in [1.807, 2.05) is 43.3 Å². The molecule has 29 heavy (non-hydrogen) atoms. The molecule has 0 unspecified atom stereocenters. The predicted octanol–water partition coefficient (Wildman–Crippen LogP) is 4.50. The molecule has 7 heteroatoms. The number of hydrogen-bond donors (Lipinski definition) is 1. The molecule has 0 heterocycles. The second-order valence-corrected chi connectivity index (χ2v) is 7.01. The smallest absolute Gasteiger partial charge is 0.277 e. The van der Waals surface area contributed by atoms with E-state index in [0.717, 1.165) is 28.4 Å². The average Bonchev–Trinajstić information content (AvgIpc) is 2.72. The van der Waals surface area contributed by atoms with Gasteiger partial charge in [0.15, 0.2) is 18.1 Å². The number of benzene rings is 2. The van der Waals surface area contributed by atoms with E-state index in [2.05, 4.69) is 33.0 Å². The van der Waals surface area contributed by atoms with Crippen LogP contribution in [-0.4, -0.2) is 32.4 Å². The van der Waals surface area contributed by atoms with Gasteiger partial charge in [-0.1, -0.05) is 35.0 Å². The summed E-state index contributed by atoms with van der Waals surface area (Å²) in [6.45, 7) is 6.18. The number of hydrazone groups is 1. The van der Waals surface area contributed by atoms with Crippen molar-refractivity contribution in [1.29, 1.82) is 0 Å². The van der Waals surface area contributed by atoms with Gasteiger partial charge < -0.3 is 14.2 Å². The van der Waals surface area contributed by atoms with Crippen molar-refractivity contribution >= 4 is 28.1 Å². The Morgan fingerprint density at radius 2 is 1.97 bits per heavy atom. The molecule has 0 aromatic heterocycles. The fraction of sp³-hybridized carbons (Fsp3) is 0.273. The highest BCUT2D eigenvalue weighted by Crippen LogP contribution is 2.28. The molecule has 0 saturated carbocycles. The minimum absolute atomic E-state index is 0.188. The first kappa shape index (κ1) is 22.5. The number of allylic oxidation sites excluding steroid dienone is 1. The molecule has 0 aliphatic rings. The van der Waals surface area contributed by atoms with Crippen molar-refractivity contribution in [2.45, 2.75) is 19.8 Å². The molecule has 0 radical (unpaired) electrons. The van der Waals surface area contributed by atoms with Crippen LogP contribution in [0.15, 0.2) is 58.6 Å². The van der Waals surface area contributed by atoms with Crippen molar-refractivity contribution in [2.24, 2.45) is 5.10 Å². The van der Waals surface area contributed by atoms with E-state index in [1.54, 1.807) is 13.2 Å². The van der Waals surface area contributed by atoms with Gasteiger partial charge in [0, 0.05) is 10.0 Å². The number of methoxy groups -OCH3 is 1. The molecule has 0 fully saturated rings. The number of rotatable bonds is 11. The maximum atomic E-state index is 12.1. The van der Waals surface area contributed by atoms with Crippen LogP contribution in [-0.2, 0) is 11.2 Å². The van der Waals surface area contributed by atoms with Crippen molar-refractivity contribution in [3.8, 4) is 17.2 Å². The molecule has 0 spiro atoms. The largest absolute Gasteiger partial charge is 0.493 e. The predicted molar refractivity (Wildman–Crippen MR) is 118 cm³/mol. The minimum Gasteiger partial charge on any atom is -0.493 e. The van der Waals surface area contributed by atoms with Crippen LogP contribution in [0.2, 0.25) is 0 Å². The lowest BCUT2D eigenvalue weighted by molar-refractivity contribution is -0.123. The van der Waals surface area contributed by atoms with Crippen LogP contribution >= 0.6 is 15.9 Å². The van der Waals surface area contributed by atoms with Crippen molar-refractivity contribution in [2.75, 3.05) is 20.3 Å². The quantitative estimate of drug-likeness (QED) is 0.304. The van der Waals surface area contributed by atoms with Crippen LogP contribution in [0, 0.1) is 0 Å². The van der Waals surface area contributed by atoms with Gasteiger partial charge in [0.25, 0.3) is 5.91 Å². The Morgan fingerprint density at radius 3 is 2.69 bits per heavy atom. The van der Waals surface area contributed by atoms with Crippen molar-refractivity contribution < 1.29 is 19.0 Å². The van der Waals surface area contributed by atoms with Crippen molar-refractivity contribution in [3.63, 3.8) is 0 Å². The highest BCUT2D eigenvalue weighted by atomic mass is 79.9. The third-order valence-corrected chi connectivity index (χ3v) is 4.29. The van der Waals surface area contributed by atoms with Crippen LogP contribution in [0.1, 0.15) is 24.5 Å². The molecule has 0 aliphatic carbocycles. The Morgan fingerprint density at radius 1 is 1.17 bits per heavy atom. The second-order valence-electron chi connectivity index (χ2n) is 6.09. The summed E-state index contributed by atoms with van der Waals surface area (Å²) in [5.41, 5.74) is 4.26. The number of carbonyl (C=O) groups excluding carboxylic acids is 1. The summed E-state index contributed by atoms with van der Waals surface area (Å²) in [4.78, 5) is 12.1. The summed E-state index contributed by atoms with van der Waals surface area (Å²) in [5, 5.41) is 4.00. The molecule has 2 rings (SSSR count). The highest BCUT2D eigenvalue weighted by Gasteiger charge is 2.08. The molecule has 0 bridgehead atoms. The minimum atomic E-state index is -0.385. The van der Waals surface area contributed by atoms with E-state index in [1.165, 1.54) is 6.21 Å².